The third-order valence-corrected chi connectivity index (χ3v) is 4.57. The van der Waals surface area contributed by atoms with Crippen molar-refractivity contribution in [3.05, 3.63) is 0 Å². The summed E-state index contributed by atoms with van der Waals surface area (Å²) in [6.45, 7) is 0. The molecule has 0 aromatic carbocycles. The molecule has 14 heavy (non-hydrogen) atoms. The van der Waals surface area contributed by atoms with E-state index in [1.54, 1.807) is 0 Å². The van der Waals surface area contributed by atoms with Crippen LogP contribution in [0.5, 0.6) is 0 Å². The molecule has 1 nitrogen and oxygen atoms in total. The Labute approximate surface area is 99.0 Å². The van der Waals surface area contributed by atoms with Gasteiger partial charge in [0.2, 0.25) is 0 Å². The van der Waals surface area contributed by atoms with E-state index in [-0.39, 0.29) is 0 Å². The van der Waals surface area contributed by atoms with Crippen molar-refractivity contribution < 1.29 is 0 Å². The van der Waals surface area contributed by atoms with Gasteiger partial charge in [0, 0.05) is 16.5 Å². The van der Waals surface area contributed by atoms with E-state index in [1.165, 1.54) is 44.9 Å². The largest absolute Gasteiger partial charge is 0.328 e. The lowest BCUT2D eigenvalue weighted by atomic mass is 10.0. The first kappa shape index (κ1) is 12.7. The molecule has 3 unspecified atom stereocenters. The molecule has 0 amide bonds. The van der Waals surface area contributed by atoms with E-state index in [1.807, 2.05) is 0 Å². The maximum Gasteiger partial charge on any atom is 0.0133 e. The summed E-state index contributed by atoms with van der Waals surface area (Å²) in [5.74, 6) is 0. The maximum atomic E-state index is 6.01. The van der Waals surface area contributed by atoms with E-state index >= 15 is 0 Å². The molecule has 3 atom stereocenters. The van der Waals surface area contributed by atoms with Gasteiger partial charge in [0.05, 0.1) is 0 Å². The van der Waals surface area contributed by atoms with Crippen LogP contribution >= 0.6 is 25.3 Å². The van der Waals surface area contributed by atoms with Crippen LogP contribution in [0.2, 0.25) is 0 Å². The van der Waals surface area contributed by atoms with Crippen LogP contribution in [0, 0.1) is 0 Å². The van der Waals surface area contributed by atoms with E-state index in [2.05, 4.69) is 25.3 Å². The van der Waals surface area contributed by atoms with Crippen molar-refractivity contribution in [1.82, 2.24) is 0 Å². The second kappa shape index (κ2) is 7.02. The number of nitrogens with two attached hydrogens (primary N) is 1. The molecule has 1 aliphatic carbocycles. The number of rotatable bonds is 0. The van der Waals surface area contributed by atoms with Gasteiger partial charge in [-0.1, -0.05) is 25.7 Å². The minimum Gasteiger partial charge on any atom is -0.328 e. The summed E-state index contributed by atoms with van der Waals surface area (Å²) >= 11 is 9.21. The highest BCUT2D eigenvalue weighted by Crippen LogP contribution is 2.23. The molecule has 1 aliphatic rings. The van der Waals surface area contributed by atoms with Crippen LogP contribution in [0.1, 0.15) is 51.4 Å². The first-order valence-corrected chi connectivity index (χ1v) is 6.85. The number of hydrogen-bond acceptors (Lipinski definition) is 3. The zero-order chi connectivity index (χ0) is 10.4. The quantitative estimate of drug-likeness (QED) is 0.551. The zero-order valence-corrected chi connectivity index (χ0v) is 10.6. The fourth-order valence-corrected chi connectivity index (χ4v) is 2.72. The van der Waals surface area contributed by atoms with Gasteiger partial charge in [-0.05, 0) is 25.7 Å². The van der Waals surface area contributed by atoms with Crippen molar-refractivity contribution in [3.63, 3.8) is 0 Å². The van der Waals surface area contributed by atoms with Crippen molar-refractivity contribution in [2.45, 2.75) is 67.9 Å². The highest BCUT2D eigenvalue weighted by atomic mass is 32.1. The molecular formula is C11H23NS2. The molecule has 0 bridgehead atoms. The van der Waals surface area contributed by atoms with Gasteiger partial charge in [0.25, 0.3) is 0 Å². The van der Waals surface area contributed by atoms with Gasteiger partial charge >= 0.3 is 0 Å². The van der Waals surface area contributed by atoms with E-state index in [0.717, 1.165) is 6.42 Å². The van der Waals surface area contributed by atoms with Gasteiger partial charge in [-0.2, -0.15) is 25.3 Å². The lowest BCUT2D eigenvalue weighted by molar-refractivity contribution is 0.511. The number of hydrogen-bond donors (Lipinski definition) is 3. The second-order valence-electron chi connectivity index (χ2n) is 4.46. The smallest absolute Gasteiger partial charge is 0.0133 e. The minimum atomic E-state index is 0.423. The molecule has 0 aromatic heterocycles. The Morgan fingerprint density at radius 2 is 1.21 bits per heavy atom. The molecule has 0 spiro atoms. The average molecular weight is 233 g/mol. The topological polar surface area (TPSA) is 26.0 Å². The van der Waals surface area contributed by atoms with Crippen molar-refractivity contribution in [3.8, 4) is 0 Å². The number of thiol groups is 2. The summed E-state index contributed by atoms with van der Waals surface area (Å²) < 4.78 is 0. The fourth-order valence-electron chi connectivity index (χ4n) is 2.06. The van der Waals surface area contributed by atoms with E-state index in [0.29, 0.717) is 16.5 Å². The fraction of sp³-hybridized carbons (Fsp3) is 1.00. The summed E-state index contributed by atoms with van der Waals surface area (Å²) in [6.07, 6.45) is 9.86. The highest BCUT2D eigenvalue weighted by Gasteiger charge is 2.15. The summed E-state index contributed by atoms with van der Waals surface area (Å²) in [5, 5.41) is 0.941. The molecule has 0 radical (unpaired) electrons. The molecule has 1 rings (SSSR count). The normalized spacial score (nSPS) is 37.5. The van der Waals surface area contributed by atoms with Gasteiger partial charge < -0.3 is 5.73 Å². The maximum absolute atomic E-state index is 6.01. The third kappa shape index (κ3) is 4.94. The van der Waals surface area contributed by atoms with Crippen LogP contribution in [0.15, 0.2) is 0 Å². The van der Waals surface area contributed by atoms with Crippen molar-refractivity contribution >= 4 is 25.3 Å². The van der Waals surface area contributed by atoms with Crippen molar-refractivity contribution in [1.29, 1.82) is 0 Å². The molecule has 0 heterocycles. The van der Waals surface area contributed by atoms with E-state index in [4.69, 9.17) is 5.73 Å². The average Bonchev–Trinajstić information content (AvgIpc) is 2.18. The first-order chi connectivity index (χ1) is 6.70. The van der Waals surface area contributed by atoms with Crippen LogP contribution in [0.25, 0.3) is 0 Å². The van der Waals surface area contributed by atoms with E-state index in [9.17, 15) is 0 Å². The molecular weight excluding hydrogens is 210 g/mol. The minimum absolute atomic E-state index is 0.423. The summed E-state index contributed by atoms with van der Waals surface area (Å²) in [5.41, 5.74) is 6.01. The predicted octanol–water partition coefficient (Wildman–Crippen LogP) is 3.04. The van der Waals surface area contributed by atoms with Crippen LogP contribution in [-0.2, 0) is 0 Å². The van der Waals surface area contributed by atoms with Gasteiger partial charge in [-0.3, -0.25) is 0 Å². The molecule has 3 heteroatoms. The molecule has 0 saturated heterocycles. The van der Waals surface area contributed by atoms with Crippen molar-refractivity contribution in [2.24, 2.45) is 5.73 Å². The van der Waals surface area contributed by atoms with Gasteiger partial charge in [-0.25, -0.2) is 0 Å². The Morgan fingerprint density at radius 1 is 0.714 bits per heavy atom. The first-order valence-electron chi connectivity index (χ1n) is 5.82. The third-order valence-electron chi connectivity index (χ3n) is 3.09. The Kier molecular flexibility index (Phi) is 6.38. The Hall–Kier alpha value is 0.660. The zero-order valence-electron chi connectivity index (χ0n) is 8.86. The monoisotopic (exact) mass is 233 g/mol. The SMILES string of the molecule is NC1CCCCCC(S)C(S)CCC1. The Bertz CT molecular complexity index is 152. The second-order valence-corrected chi connectivity index (χ2v) is 5.79. The van der Waals surface area contributed by atoms with Crippen LogP contribution < -0.4 is 5.73 Å². The Balaban J connectivity index is 2.34. The van der Waals surface area contributed by atoms with Crippen LogP contribution in [0.3, 0.4) is 0 Å². The molecule has 0 aromatic rings. The van der Waals surface area contributed by atoms with Crippen LogP contribution in [0.4, 0.5) is 0 Å². The van der Waals surface area contributed by atoms with Gasteiger partial charge in [0.1, 0.15) is 0 Å². The predicted molar refractivity (Wildman–Crippen MR) is 70.5 cm³/mol. The molecule has 84 valence electrons. The van der Waals surface area contributed by atoms with Crippen LogP contribution in [-0.4, -0.2) is 16.5 Å². The standard InChI is InChI=1S/C11H23NS2/c12-9-5-2-1-3-7-10(13)11(14)8-4-6-9/h9-11,13-14H,1-8,12H2. The van der Waals surface area contributed by atoms with Gasteiger partial charge in [0.15, 0.2) is 0 Å². The van der Waals surface area contributed by atoms with Gasteiger partial charge in [-0.15, -0.1) is 0 Å². The van der Waals surface area contributed by atoms with E-state index < -0.39 is 0 Å². The molecule has 0 aliphatic heterocycles. The Morgan fingerprint density at radius 3 is 1.93 bits per heavy atom. The summed E-state index contributed by atoms with van der Waals surface area (Å²) in [6, 6.07) is 0.423. The summed E-state index contributed by atoms with van der Waals surface area (Å²) in [7, 11) is 0. The molecule has 1 saturated carbocycles. The van der Waals surface area contributed by atoms with Crippen molar-refractivity contribution in [2.75, 3.05) is 0 Å². The lowest BCUT2D eigenvalue weighted by Gasteiger charge is -2.17. The highest BCUT2D eigenvalue weighted by molar-refractivity contribution is 7.85. The summed E-state index contributed by atoms with van der Waals surface area (Å²) in [4.78, 5) is 0. The lowest BCUT2D eigenvalue weighted by Crippen LogP contribution is -2.20. The molecule has 1 fully saturated rings. The molecule has 2 N–H and O–H groups in total.